The average Bonchev–Trinajstić information content (AvgIpc) is 2.89. The Hall–Kier alpha value is -2.41. The molecule has 1 aliphatic heterocycles. The van der Waals surface area contributed by atoms with E-state index >= 15 is 0 Å². The summed E-state index contributed by atoms with van der Waals surface area (Å²) in [5, 5.41) is 2.76. The lowest BCUT2D eigenvalue weighted by atomic mass is 10.2. The highest BCUT2D eigenvalue weighted by Gasteiger charge is 2.12. The van der Waals surface area contributed by atoms with Crippen molar-refractivity contribution in [1.82, 2.24) is 5.32 Å². The molecule has 0 saturated carbocycles. The Morgan fingerprint density at radius 1 is 1.42 bits per heavy atom. The maximum Gasteiger partial charge on any atom is 0.244 e. The third-order valence-electron chi connectivity index (χ3n) is 2.55. The highest BCUT2D eigenvalue weighted by Crippen LogP contribution is 2.32. The van der Waals surface area contributed by atoms with Gasteiger partial charge in [0.1, 0.15) is 0 Å². The molecule has 0 aromatic heterocycles. The van der Waals surface area contributed by atoms with E-state index in [9.17, 15) is 4.79 Å². The van der Waals surface area contributed by atoms with Gasteiger partial charge in [0, 0.05) is 19.0 Å². The molecule has 0 radical (unpaired) electrons. The van der Waals surface area contributed by atoms with E-state index in [0.29, 0.717) is 18.7 Å². The van der Waals surface area contributed by atoms with E-state index in [1.54, 1.807) is 13.0 Å². The minimum absolute atomic E-state index is 0.129. The summed E-state index contributed by atoms with van der Waals surface area (Å²) in [5.41, 5.74) is 0.896. The maximum absolute atomic E-state index is 11.5. The molecule has 2 rings (SSSR count). The van der Waals surface area contributed by atoms with E-state index < -0.39 is 0 Å². The van der Waals surface area contributed by atoms with Crippen LogP contribution >= 0.6 is 0 Å². The molecule has 4 nitrogen and oxygen atoms in total. The van der Waals surface area contributed by atoms with Gasteiger partial charge in [0.25, 0.3) is 0 Å². The molecule has 0 saturated heterocycles. The van der Waals surface area contributed by atoms with Gasteiger partial charge in [0.05, 0.1) is 0 Å². The summed E-state index contributed by atoms with van der Waals surface area (Å²) in [6.07, 6.45) is 3.90. The molecule has 1 N–H and O–H groups in total. The Kier molecular flexibility index (Phi) is 4.46. The van der Waals surface area contributed by atoms with Crippen LogP contribution in [0.2, 0.25) is 0 Å². The van der Waals surface area contributed by atoms with E-state index in [1.807, 2.05) is 18.2 Å². The van der Waals surface area contributed by atoms with Gasteiger partial charge in [-0.15, -0.1) is 11.8 Å². The number of hydrogen-bond donors (Lipinski definition) is 1. The first-order chi connectivity index (χ1) is 9.29. The van der Waals surface area contributed by atoms with Gasteiger partial charge in [-0.05, 0) is 30.7 Å². The molecule has 0 aliphatic carbocycles. The fourth-order valence-electron chi connectivity index (χ4n) is 1.62. The lowest BCUT2D eigenvalue weighted by Crippen LogP contribution is -2.21. The van der Waals surface area contributed by atoms with Gasteiger partial charge < -0.3 is 14.8 Å². The van der Waals surface area contributed by atoms with Crippen LogP contribution in [0.3, 0.4) is 0 Å². The van der Waals surface area contributed by atoms with Crippen LogP contribution in [0.25, 0.3) is 6.08 Å². The fraction of sp³-hybridized carbons (Fsp3) is 0.267. The third-order valence-corrected chi connectivity index (χ3v) is 2.55. The Morgan fingerprint density at radius 2 is 2.26 bits per heavy atom. The van der Waals surface area contributed by atoms with E-state index in [1.165, 1.54) is 6.08 Å². The Morgan fingerprint density at radius 3 is 3.11 bits per heavy atom. The van der Waals surface area contributed by atoms with E-state index in [-0.39, 0.29) is 12.7 Å². The minimum atomic E-state index is -0.129. The van der Waals surface area contributed by atoms with E-state index in [0.717, 1.165) is 11.3 Å². The van der Waals surface area contributed by atoms with Crippen molar-refractivity contribution in [3.63, 3.8) is 0 Å². The Balaban J connectivity index is 1.87. The summed E-state index contributed by atoms with van der Waals surface area (Å²) in [5.74, 6) is 6.98. The zero-order valence-electron chi connectivity index (χ0n) is 10.7. The van der Waals surface area contributed by atoms with Crippen molar-refractivity contribution in [1.29, 1.82) is 0 Å². The molecule has 0 bridgehead atoms. The second-order valence-corrected chi connectivity index (χ2v) is 3.91. The van der Waals surface area contributed by atoms with Gasteiger partial charge in [-0.2, -0.15) is 0 Å². The molecule has 1 heterocycles. The molecule has 0 spiro atoms. The van der Waals surface area contributed by atoms with Gasteiger partial charge in [-0.25, -0.2) is 0 Å². The average molecular weight is 257 g/mol. The van der Waals surface area contributed by atoms with E-state index in [2.05, 4.69) is 17.2 Å². The number of hydrogen-bond acceptors (Lipinski definition) is 3. The van der Waals surface area contributed by atoms with E-state index in [4.69, 9.17) is 9.47 Å². The second-order valence-electron chi connectivity index (χ2n) is 3.91. The number of fused-ring (bicyclic) bond motifs is 1. The largest absolute Gasteiger partial charge is 0.454 e. The molecule has 98 valence electrons. The topological polar surface area (TPSA) is 47.6 Å². The van der Waals surface area contributed by atoms with Crippen LogP contribution in [0, 0.1) is 11.8 Å². The summed E-state index contributed by atoms with van der Waals surface area (Å²) in [7, 11) is 0. The smallest absolute Gasteiger partial charge is 0.244 e. The Bertz CT molecular complexity index is 552. The summed E-state index contributed by atoms with van der Waals surface area (Å²) in [6.45, 7) is 2.59. The van der Waals surface area contributed by atoms with Crippen LogP contribution in [0.1, 0.15) is 18.9 Å². The van der Waals surface area contributed by atoms with Crippen molar-refractivity contribution in [2.75, 3.05) is 13.3 Å². The summed E-state index contributed by atoms with van der Waals surface area (Å²) < 4.78 is 10.5. The van der Waals surface area contributed by atoms with Gasteiger partial charge in [0.2, 0.25) is 12.7 Å². The molecule has 1 amide bonds. The van der Waals surface area contributed by atoms with Gasteiger partial charge >= 0.3 is 0 Å². The van der Waals surface area contributed by atoms with Crippen LogP contribution in [-0.4, -0.2) is 19.2 Å². The van der Waals surface area contributed by atoms with Crippen LogP contribution < -0.4 is 14.8 Å². The van der Waals surface area contributed by atoms with Crippen LogP contribution in [-0.2, 0) is 4.79 Å². The molecule has 0 atom stereocenters. The minimum Gasteiger partial charge on any atom is -0.454 e. The summed E-state index contributed by atoms with van der Waals surface area (Å²) in [6, 6.07) is 5.55. The number of rotatable bonds is 4. The predicted molar refractivity (Wildman–Crippen MR) is 72.7 cm³/mol. The third kappa shape index (κ3) is 3.78. The molecular weight excluding hydrogens is 242 g/mol. The van der Waals surface area contributed by atoms with Gasteiger partial charge in [-0.3, -0.25) is 4.79 Å². The fourth-order valence-corrected chi connectivity index (χ4v) is 1.62. The van der Waals surface area contributed by atoms with Crippen molar-refractivity contribution >= 4 is 12.0 Å². The monoisotopic (exact) mass is 257 g/mol. The van der Waals surface area contributed by atoms with Crippen LogP contribution in [0.4, 0.5) is 0 Å². The van der Waals surface area contributed by atoms with Crippen LogP contribution in [0.15, 0.2) is 24.3 Å². The molecule has 1 aromatic carbocycles. The molecular formula is C15H15NO3. The normalized spacial score (nSPS) is 12.1. The molecule has 0 fully saturated rings. The standard InChI is InChI=1S/C15H15NO3/c1-2-3-4-9-16-15(17)8-6-12-5-7-13-14(10-12)19-11-18-13/h5-8,10H,4,9,11H2,1H3,(H,16,17)/b8-6+. The number of nitrogens with one attached hydrogen (secondary N) is 1. The highest BCUT2D eigenvalue weighted by atomic mass is 16.7. The second kappa shape index (κ2) is 6.50. The first kappa shape index (κ1) is 13.0. The highest BCUT2D eigenvalue weighted by molar-refractivity contribution is 5.91. The maximum atomic E-state index is 11.5. The van der Waals surface area contributed by atoms with Crippen LogP contribution in [0.5, 0.6) is 11.5 Å². The molecule has 1 aromatic rings. The first-order valence-electron chi connectivity index (χ1n) is 6.05. The Labute approximate surface area is 112 Å². The summed E-state index contributed by atoms with van der Waals surface area (Å²) in [4.78, 5) is 11.5. The zero-order valence-corrected chi connectivity index (χ0v) is 10.7. The quantitative estimate of drug-likeness (QED) is 0.509. The first-order valence-corrected chi connectivity index (χ1v) is 6.05. The number of carbonyl (C=O) groups excluding carboxylic acids is 1. The lowest BCUT2D eigenvalue weighted by molar-refractivity contribution is -0.116. The number of ether oxygens (including phenoxy) is 2. The molecule has 19 heavy (non-hydrogen) atoms. The molecule has 1 aliphatic rings. The molecule has 4 heteroatoms. The van der Waals surface area contributed by atoms with Crippen molar-refractivity contribution < 1.29 is 14.3 Å². The molecule has 0 unspecified atom stereocenters. The van der Waals surface area contributed by atoms with Crippen molar-refractivity contribution in [2.24, 2.45) is 0 Å². The van der Waals surface area contributed by atoms with Crippen molar-refractivity contribution in [3.05, 3.63) is 29.8 Å². The number of benzene rings is 1. The predicted octanol–water partition coefficient (Wildman–Crippen LogP) is 1.96. The van der Waals surface area contributed by atoms with Gasteiger partial charge in [0.15, 0.2) is 11.5 Å². The van der Waals surface area contributed by atoms with Gasteiger partial charge in [-0.1, -0.05) is 6.07 Å². The summed E-state index contributed by atoms with van der Waals surface area (Å²) >= 11 is 0. The lowest BCUT2D eigenvalue weighted by Gasteiger charge is -1.99. The zero-order chi connectivity index (χ0) is 13.5. The number of amides is 1. The number of carbonyl (C=O) groups is 1. The van der Waals surface area contributed by atoms with Crippen molar-refractivity contribution in [2.45, 2.75) is 13.3 Å². The SMILES string of the molecule is CC#CCCNC(=O)/C=C/c1ccc2c(c1)OCO2. The van der Waals surface area contributed by atoms with Crippen molar-refractivity contribution in [3.8, 4) is 23.3 Å².